The largest absolute Gasteiger partial charge is 0.495 e. The number of hydrogen-bond acceptors (Lipinski definition) is 5. The van der Waals surface area contributed by atoms with E-state index in [-0.39, 0.29) is 12.2 Å². The molecular formula is C20H17FN2O3S. The number of benzene rings is 1. The van der Waals surface area contributed by atoms with E-state index in [4.69, 9.17) is 4.74 Å². The van der Waals surface area contributed by atoms with E-state index in [0.717, 1.165) is 21.3 Å². The first-order valence-corrected chi connectivity index (χ1v) is 9.24. The van der Waals surface area contributed by atoms with Crippen LogP contribution in [0.4, 0.5) is 4.39 Å². The molecule has 1 aliphatic rings. The Morgan fingerprint density at radius 1 is 1.30 bits per heavy atom. The molecule has 5 nitrogen and oxygen atoms in total. The van der Waals surface area contributed by atoms with Crippen LogP contribution < -0.4 is 4.74 Å². The number of carboxylic acid groups (broad SMARTS) is 1. The maximum atomic E-state index is 14.0. The lowest BCUT2D eigenvalue weighted by atomic mass is 9.76. The number of rotatable bonds is 4. The smallest absolute Gasteiger partial charge is 0.314 e. The second-order valence-electron chi connectivity index (χ2n) is 6.63. The van der Waals surface area contributed by atoms with E-state index in [1.165, 1.54) is 17.4 Å². The fraction of sp³-hybridized carbons (Fsp3) is 0.250. The fourth-order valence-corrected chi connectivity index (χ4v) is 4.77. The van der Waals surface area contributed by atoms with Crippen LogP contribution in [0.1, 0.15) is 21.7 Å². The van der Waals surface area contributed by atoms with Crippen LogP contribution in [0.3, 0.4) is 0 Å². The molecule has 0 unspecified atom stereocenters. The number of ether oxygens (including phenoxy) is 1. The van der Waals surface area contributed by atoms with Crippen LogP contribution in [0.5, 0.6) is 5.75 Å². The highest BCUT2D eigenvalue weighted by Crippen LogP contribution is 2.45. The van der Waals surface area contributed by atoms with Gasteiger partial charge < -0.3 is 9.84 Å². The number of hydrogen-bond donors (Lipinski definition) is 1. The van der Waals surface area contributed by atoms with Gasteiger partial charge in [-0.25, -0.2) is 14.4 Å². The molecular weight excluding hydrogens is 367 g/mol. The Hall–Kier alpha value is -2.80. The summed E-state index contributed by atoms with van der Waals surface area (Å²) in [5, 5.41) is 10.7. The summed E-state index contributed by atoms with van der Waals surface area (Å²) in [6.45, 7) is 1.63. The Morgan fingerprint density at radius 3 is 2.74 bits per heavy atom. The third kappa shape index (κ3) is 2.78. The molecule has 0 fully saturated rings. The Kier molecular flexibility index (Phi) is 4.19. The SMILES string of the molecule is COc1ccc(-c2nc3c(s2)C[C@@](C(=O)O)(c2cccc(F)c2C)C3)nc1. The number of carbonyl (C=O) groups is 1. The summed E-state index contributed by atoms with van der Waals surface area (Å²) in [5.74, 6) is -0.681. The average molecular weight is 384 g/mol. The van der Waals surface area contributed by atoms with Crippen molar-refractivity contribution >= 4 is 17.3 Å². The summed E-state index contributed by atoms with van der Waals surface area (Å²) in [6.07, 6.45) is 2.17. The van der Waals surface area contributed by atoms with Gasteiger partial charge in [-0.05, 0) is 36.2 Å². The van der Waals surface area contributed by atoms with Crippen LogP contribution in [0.25, 0.3) is 10.7 Å². The van der Waals surface area contributed by atoms with E-state index in [1.807, 2.05) is 12.1 Å². The Morgan fingerprint density at radius 2 is 2.11 bits per heavy atom. The summed E-state index contributed by atoms with van der Waals surface area (Å²) < 4.78 is 19.2. The van der Waals surface area contributed by atoms with Gasteiger partial charge in [-0.2, -0.15) is 0 Å². The lowest BCUT2D eigenvalue weighted by Crippen LogP contribution is -2.37. The van der Waals surface area contributed by atoms with Gasteiger partial charge in [-0.3, -0.25) is 4.79 Å². The molecule has 0 bridgehead atoms. The van der Waals surface area contributed by atoms with Crippen molar-refractivity contribution in [1.29, 1.82) is 0 Å². The zero-order valence-corrected chi connectivity index (χ0v) is 15.6. The first-order chi connectivity index (χ1) is 12.9. The van der Waals surface area contributed by atoms with Crippen molar-refractivity contribution < 1.29 is 19.0 Å². The molecule has 1 aliphatic carbocycles. The van der Waals surface area contributed by atoms with Gasteiger partial charge in [0.2, 0.25) is 0 Å². The van der Waals surface area contributed by atoms with Crippen LogP contribution in [0.2, 0.25) is 0 Å². The topological polar surface area (TPSA) is 72.3 Å². The highest BCUT2D eigenvalue weighted by atomic mass is 32.1. The minimum atomic E-state index is -1.17. The van der Waals surface area contributed by atoms with Crippen molar-refractivity contribution in [3.63, 3.8) is 0 Å². The predicted molar refractivity (Wildman–Crippen MR) is 99.8 cm³/mol. The van der Waals surface area contributed by atoms with Crippen molar-refractivity contribution in [1.82, 2.24) is 9.97 Å². The van der Waals surface area contributed by atoms with Crippen LogP contribution in [0, 0.1) is 12.7 Å². The molecule has 0 saturated heterocycles. The number of pyridine rings is 1. The third-order valence-corrected chi connectivity index (χ3v) is 6.21. The molecule has 1 aromatic carbocycles. The molecule has 0 amide bonds. The summed E-state index contributed by atoms with van der Waals surface area (Å²) in [5.41, 5.74) is 1.19. The van der Waals surface area contributed by atoms with Gasteiger partial charge in [0.1, 0.15) is 22.0 Å². The second-order valence-corrected chi connectivity index (χ2v) is 7.71. The number of aliphatic carboxylic acids is 1. The van der Waals surface area contributed by atoms with Gasteiger partial charge in [-0.15, -0.1) is 11.3 Å². The highest BCUT2D eigenvalue weighted by Gasteiger charge is 2.48. The standard InChI is InChI=1S/C20H17FN2O3S/c1-11-13(4-3-5-14(11)21)20(19(24)25)8-16-17(9-20)27-18(23-16)15-7-6-12(26-2)10-22-15/h3-7,10H,8-9H2,1-2H3,(H,24,25)/t20-/m1/s1. The zero-order chi connectivity index (χ0) is 19.2. The monoisotopic (exact) mass is 384 g/mol. The number of aromatic nitrogens is 2. The van der Waals surface area contributed by atoms with Crippen molar-refractivity contribution in [2.75, 3.05) is 7.11 Å². The highest BCUT2D eigenvalue weighted by molar-refractivity contribution is 7.15. The van der Waals surface area contributed by atoms with Crippen molar-refractivity contribution in [3.05, 3.63) is 64.0 Å². The van der Waals surface area contributed by atoms with Gasteiger partial charge in [0.15, 0.2) is 0 Å². The van der Waals surface area contributed by atoms with Crippen LogP contribution in [-0.4, -0.2) is 28.2 Å². The Labute approximate surface area is 159 Å². The summed E-state index contributed by atoms with van der Waals surface area (Å²) in [7, 11) is 1.58. The van der Waals surface area contributed by atoms with Gasteiger partial charge in [0.05, 0.1) is 24.7 Å². The van der Waals surface area contributed by atoms with Crippen LogP contribution >= 0.6 is 11.3 Å². The Balaban J connectivity index is 1.71. The number of halogens is 1. The van der Waals surface area contributed by atoms with E-state index < -0.39 is 11.4 Å². The number of fused-ring (bicyclic) bond motifs is 1. The molecule has 138 valence electrons. The molecule has 4 rings (SSSR count). The zero-order valence-electron chi connectivity index (χ0n) is 14.8. The molecule has 0 aliphatic heterocycles. The van der Waals surface area contributed by atoms with Crippen LogP contribution in [-0.2, 0) is 23.1 Å². The predicted octanol–water partition coefficient (Wildman–Crippen LogP) is 3.78. The number of carboxylic acids is 1. The number of thiazole rings is 1. The van der Waals surface area contributed by atoms with Gasteiger partial charge in [-0.1, -0.05) is 12.1 Å². The van der Waals surface area contributed by atoms with E-state index in [1.54, 1.807) is 32.4 Å². The molecule has 0 spiro atoms. The molecule has 2 aromatic heterocycles. The number of nitrogens with zero attached hydrogens (tertiary/aromatic N) is 2. The van der Waals surface area contributed by atoms with Crippen molar-refractivity contribution in [2.45, 2.75) is 25.2 Å². The molecule has 0 radical (unpaired) electrons. The summed E-state index contributed by atoms with van der Waals surface area (Å²) >= 11 is 1.44. The molecule has 0 saturated carbocycles. The molecule has 1 N–H and O–H groups in total. The van der Waals surface area contributed by atoms with E-state index in [2.05, 4.69) is 9.97 Å². The molecule has 7 heteroatoms. The minimum Gasteiger partial charge on any atom is -0.495 e. The normalized spacial score (nSPS) is 18.3. The minimum absolute atomic E-state index is 0.245. The summed E-state index contributed by atoms with van der Waals surface area (Å²) in [6, 6.07) is 8.26. The lowest BCUT2D eigenvalue weighted by Gasteiger charge is -2.26. The maximum Gasteiger partial charge on any atom is 0.314 e. The number of methoxy groups -OCH3 is 1. The first kappa shape index (κ1) is 17.6. The van der Waals surface area contributed by atoms with E-state index in [9.17, 15) is 14.3 Å². The van der Waals surface area contributed by atoms with E-state index >= 15 is 0 Å². The van der Waals surface area contributed by atoms with Crippen molar-refractivity contribution in [3.8, 4) is 16.5 Å². The van der Waals surface area contributed by atoms with Crippen LogP contribution in [0.15, 0.2) is 36.5 Å². The second kappa shape index (κ2) is 6.42. The molecule has 1 atom stereocenters. The average Bonchev–Trinajstić information content (AvgIpc) is 3.21. The summed E-state index contributed by atoms with van der Waals surface area (Å²) in [4.78, 5) is 22.1. The van der Waals surface area contributed by atoms with Crippen molar-refractivity contribution in [2.24, 2.45) is 0 Å². The first-order valence-electron chi connectivity index (χ1n) is 8.42. The van der Waals surface area contributed by atoms with Gasteiger partial charge in [0, 0.05) is 17.7 Å². The maximum absolute atomic E-state index is 14.0. The lowest BCUT2D eigenvalue weighted by molar-refractivity contribution is -0.143. The Bertz CT molecular complexity index is 1010. The third-order valence-electron chi connectivity index (χ3n) is 5.09. The molecule has 2 heterocycles. The van der Waals surface area contributed by atoms with Gasteiger partial charge in [0.25, 0.3) is 0 Å². The molecule has 3 aromatic rings. The fourth-order valence-electron chi connectivity index (χ4n) is 3.60. The van der Waals surface area contributed by atoms with Gasteiger partial charge >= 0.3 is 5.97 Å². The molecule has 27 heavy (non-hydrogen) atoms. The quantitative estimate of drug-likeness (QED) is 0.741. The van der Waals surface area contributed by atoms with E-state index in [0.29, 0.717) is 23.3 Å².